The summed E-state index contributed by atoms with van der Waals surface area (Å²) in [5.74, 6) is 0.389. The molecule has 0 aliphatic heterocycles. The number of carbonyl (C=O) groups excluding carboxylic acids is 2. The van der Waals surface area contributed by atoms with Gasteiger partial charge in [-0.3, -0.25) is 9.59 Å². The fourth-order valence-corrected chi connectivity index (χ4v) is 1.62. The first kappa shape index (κ1) is 13.4. The highest BCUT2D eigenvalue weighted by molar-refractivity contribution is 6.09. The molecule has 0 saturated heterocycles. The average molecular weight is 234 g/mol. The van der Waals surface area contributed by atoms with E-state index >= 15 is 0 Å². The summed E-state index contributed by atoms with van der Waals surface area (Å²) in [7, 11) is 0. The number of hydrogen-bond donors (Lipinski definition) is 0. The molecule has 0 saturated carbocycles. The van der Waals surface area contributed by atoms with Crippen LogP contribution in [0.15, 0.2) is 24.3 Å². The molecule has 0 spiro atoms. The molecule has 0 aliphatic carbocycles. The topological polar surface area (TPSA) is 43.4 Å². The predicted molar refractivity (Wildman–Crippen MR) is 66.5 cm³/mol. The van der Waals surface area contributed by atoms with Crippen molar-refractivity contribution in [1.82, 2.24) is 0 Å². The van der Waals surface area contributed by atoms with E-state index < -0.39 is 0 Å². The lowest BCUT2D eigenvalue weighted by Gasteiger charge is -2.08. The second kappa shape index (κ2) is 6.84. The molecule has 1 aromatic rings. The van der Waals surface area contributed by atoms with Crippen LogP contribution in [-0.2, 0) is 4.79 Å². The Morgan fingerprint density at radius 2 is 1.88 bits per heavy atom. The number of benzene rings is 1. The number of carbonyl (C=O) groups is 2. The zero-order valence-electron chi connectivity index (χ0n) is 10.4. The highest BCUT2D eigenvalue weighted by Gasteiger charge is 2.15. The zero-order chi connectivity index (χ0) is 12.7. The third-order valence-corrected chi connectivity index (χ3v) is 2.37. The molecule has 0 heterocycles. The zero-order valence-corrected chi connectivity index (χ0v) is 10.4. The Balaban J connectivity index is 2.77. The summed E-state index contributed by atoms with van der Waals surface area (Å²) in [6.07, 6.45) is 1.21. The van der Waals surface area contributed by atoms with Gasteiger partial charge in [0.25, 0.3) is 0 Å². The minimum absolute atomic E-state index is 0.0104. The molecule has 0 aromatic heterocycles. The first-order valence-electron chi connectivity index (χ1n) is 5.95. The highest BCUT2D eigenvalue weighted by atomic mass is 16.5. The van der Waals surface area contributed by atoms with Crippen LogP contribution in [0.5, 0.6) is 5.75 Å². The summed E-state index contributed by atoms with van der Waals surface area (Å²) in [5, 5.41) is 0. The number of rotatable bonds is 7. The van der Waals surface area contributed by atoms with E-state index in [1.54, 1.807) is 18.2 Å². The minimum atomic E-state index is -0.160. The van der Waals surface area contributed by atoms with Crippen molar-refractivity contribution in [3.05, 3.63) is 29.8 Å². The monoisotopic (exact) mass is 234 g/mol. The molecule has 17 heavy (non-hydrogen) atoms. The standard InChI is InChI=1S/C14H18O3/c1-3-7-11(15)10-13(16)12-8-5-6-9-14(12)17-4-2/h5-6,8-9H,3-4,7,10H2,1-2H3. The van der Waals surface area contributed by atoms with Gasteiger partial charge in [0.05, 0.1) is 18.6 Å². The summed E-state index contributed by atoms with van der Waals surface area (Å²) in [6, 6.07) is 7.04. The average Bonchev–Trinajstić information content (AvgIpc) is 2.30. The van der Waals surface area contributed by atoms with E-state index in [4.69, 9.17) is 4.74 Å². The van der Waals surface area contributed by atoms with E-state index in [0.717, 1.165) is 6.42 Å². The second-order valence-electron chi connectivity index (χ2n) is 3.82. The molecule has 0 radical (unpaired) electrons. The lowest BCUT2D eigenvalue weighted by atomic mass is 10.0. The van der Waals surface area contributed by atoms with Gasteiger partial charge in [0.15, 0.2) is 5.78 Å². The van der Waals surface area contributed by atoms with Crippen LogP contribution in [0.1, 0.15) is 43.5 Å². The van der Waals surface area contributed by atoms with Gasteiger partial charge in [-0.1, -0.05) is 19.1 Å². The van der Waals surface area contributed by atoms with Crippen molar-refractivity contribution in [2.75, 3.05) is 6.61 Å². The van der Waals surface area contributed by atoms with Crippen molar-refractivity contribution in [2.45, 2.75) is 33.1 Å². The van der Waals surface area contributed by atoms with Crippen LogP contribution >= 0.6 is 0 Å². The molecule has 3 nitrogen and oxygen atoms in total. The largest absolute Gasteiger partial charge is 0.493 e. The van der Waals surface area contributed by atoms with E-state index in [-0.39, 0.29) is 18.0 Å². The SMILES string of the molecule is CCCC(=O)CC(=O)c1ccccc1OCC. The first-order valence-corrected chi connectivity index (χ1v) is 5.95. The molecule has 92 valence electrons. The Bertz CT molecular complexity index is 396. The number of ether oxygens (including phenoxy) is 1. The van der Waals surface area contributed by atoms with Crippen LogP contribution in [0.4, 0.5) is 0 Å². The quantitative estimate of drug-likeness (QED) is 0.538. The third kappa shape index (κ3) is 4.02. The minimum Gasteiger partial charge on any atom is -0.493 e. The molecular weight excluding hydrogens is 216 g/mol. The molecule has 0 amide bonds. The molecule has 3 heteroatoms. The Morgan fingerprint density at radius 1 is 1.18 bits per heavy atom. The van der Waals surface area contributed by atoms with Gasteiger partial charge in [-0.25, -0.2) is 0 Å². The summed E-state index contributed by atoms with van der Waals surface area (Å²) in [5.41, 5.74) is 0.499. The molecule has 0 unspecified atom stereocenters. The van der Waals surface area contributed by atoms with Crippen LogP contribution in [0.3, 0.4) is 0 Å². The first-order chi connectivity index (χ1) is 8.19. The van der Waals surface area contributed by atoms with E-state index in [1.807, 2.05) is 19.9 Å². The Labute approximate surface area is 102 Å². The Kier molecular flexibility index (Phi) is 5.40. The highest BCUT2D eigenvalue weighted by Crippen LogP contribution is 2.20. The molecule has 0 aliphatic rings. The van der Waals surface area contributed by atoms with Crippen LogP contribution in [0, 0.1) is 0 Å². The predicted octanol–water partition coefficient (Wildman–Crippen LogP) is 3.03. The third-order valence-electron chi connectivity index (χ3n) is 2.37. The number of Topliss-reactive ketones (excluding diaryl/α,β-unsaturated/α-hetero) is 2. The Morgan fingerprint density at radius 3 is 2.53 bits per heavy atom. The van der Waals surface area contributed by atoms with E-state index in [9.17, 15) is 9.59 Å². The van der Waals surface area contributed by atoms with Gasteiger partial charge in [-0.2, -0.15) is 0 Å². The fraction of sp³-hybridized carbons (Fsp3) is 0.429. The summed E-state index contributed by atoms with van der Waals surface area (Å²) in [6.45, 7) is 4.30. The molecule has 0 N–H and O–H groups in total. The maximum Gasteiger partial charge on any atom is 0.173 e. The van der Waals surface area contributed by atoms with E-state index in [2.05, 4.69) is 0 Å². The maximum absolute atomic E-state index is 11.9. The van der Waals surface area contributed by atoms with Gasteiger partial charge < -0.3 is 4.74 Å². The van der Waals surface area contributed by atoms with Crippen LogP contribution in [0.2, 0.25) is 0 Å². The van der Waals surface area contributed by atoms with Gasteiger partial charge >= 0.3 is 0 Å². The maximum atomic E-state index is 11.9. The molecular formula is C14H18O3. The van der Waals surface area contributed by atoms with Crippen molar-refractivity contribution in [1.29, 1.82) is 0 Å². The molecule has 1 rings (SSSR count). The lowest BCUT2D eigenvalue weighted by molar-refractivity contribution is -0.118. The van der Waals surface area contributed by atoms with Crippen molar-refractivity contribution >= 4 is 11.6 Å². The van der Waals surface area contributed by atoms with Gasteiger partial charge in [0, 0.05) is 6.42 Å². The Hall–Kier alpha value is -1.64. The lowest BCUT2D eigenvalue weighted by Crippen LogP contribution is -2.09. The van der Waals surface area contributed by atoms with Crippen molar-refractivity contribution in [3.63, 3.8) is 0 Å². The van der Waals surface area contributed by atoms with Gasteiger partial charge in [-0.15, -0.1) is 0 Å². The van der Waals surface area contributed by atoms with Gasteiger partial charge in [-0.05, 0) is 25.5 Å². The van der Waals surface area contributed by atoms with Crippen LogP contribution < -0.4 is 4.74 Å². The van der Waals surface area contributed by atoms with E-state index in [1.165, 1.54) is 0 Å². The van der Waals surface area contributed by atoms with Crippen LogP contribution in [0.25, 0.3) is 0 Å². The molecule has 1 aromatic carbocycles. The molecule has 0 atom stereocenters. The van der Waals surface area contributed by atoms with Crippen LogP contribution in [-0.4, -0.2) is 18.2 Å². The summed E-state index contributed by atoms with van der Waals surface area (Å²) < 4.78 is 5.37. The smallest absolute Gasteiger partial charge is 0.173 e. The van der Waals surface area contributed by atoms with Crippen molar-refractivity contribution in [3.8, 4) is 5.75 Å². The summed E-state index contributed by atoms with van der Waals surface area (Å²) >= 11 is 0. The van der Waals surface area contributed by atoms with E-state index in [0.29, 0.717) is 24.3 Å². The number of para-hydroxylation sites is 1. The van der Waals surface area contributed by atoms with Gasteiger partial charge in [0.2, 0.25) is 0 Å². The van der Waals surface area contributed by atoms with Crippen molar-refractivity contribution in [2.24, 2.45) is 0 Å². The van der Waals surface area contributed by atoms with Gasteiger partial charge in [0.1, 0.15) is 11.5 Å². The number of hydrogen-bond acceptors (Lipinski definition) is 3. The van der Waals surface area contributed by atoms with Crippen molar-refractivity contribution < 1.29 is 14.3 Å². The summed E-state index contributed by atoms with van der Waals surface area (Å²) in [4.78, 5) is 23.4. The number of ketones is 2. The normalized spacial score (nSPS) is 10.0. The fourth-order valence-electron chi connectivity index (χ4n) is 1.62. The molecule has 0 fully saturated rings. The second-order valence-corrected chi connectivity index (χ2v) is 3.82. The molecule has 0 bridgehead atoms.